The molecule has 3 atom stereocenters. The molecule has 29 heavy (non-hydrogen) atoms. The van der Waals surface area contributed by atoms with Gasteiger partial charge >= 0.3 is 6.18 Å². The van der Waals surface area contributed by atoms with Crippen molar-refractivity contribution in [2.24, 2.45) is 5.92 Å². The van der Waals surface area contributed by atoms with Crippen molar-refractivity contribution >= 4 is 5.91 Å². The van der Waals surface area contributed by atoms with E-state index in [9.17, 15) is 31.1 Å². The molecule has 2 aromatic rings. The molecule has 1 fully saturated rings. The average Bonchev–Trinajstić information content (AvgIpc) is 3.39. The molecule has 1 aromatic heterocycles. The largest absolute Gasteiger partial charge is 0.467 e. The first kappa shape index (κ1) is 20.9. The third kappa shape index (κ3) is 5.15. The van der Waals surface area contributed by atoms with Gasteiger partial charge in [-0.3, -0.25) is 9.78 Å². The van der Waals surface area contributed by atoms with Crippen LogP contribution in [-0.2, 0) is 4.79 Å². The highest BCUT2D eigenvalue weighted by Crippen LogP contribution is 2.49. The van der Waals surface area contributed by atoms with Gasteiger partial charge in [0.15, 0.2) is 6.61 Å². The number of nitrogens with one attached hydrogen (secondary N) is 1. The monoisotopic (exact) mass is 419 g/mol. The second-order valence-corrected chi connectivity index (χ2v) is 6.65. The summed E-state index contributed by atoms with van der Waals surface area (Å²) in [5.74, 6) is -5.33. The summed E-state index contributed by atoms with van der Waals surface area (Å²) in [5.41, 5.74) is -0.0702. The lowest BCUT2D eigenvalue weighted by Gasteiger charge is -2.14. The second kappa shape index (κ2) is 7.88. The van der Waals surface area contributed by atoms with Gasteiger partial charge in [0, 0.05) is 29.5 Å². The average molecular weight is 419 g/mol. The summed E-state index contributed by atoms with van der Waals surface area (Å²) >= 11 is 0. The Hall–Kier alpha value is -2.85. The highest BCUT2D eigenvalue weighted by Gasteiger charge is 2.47. The third-order valence-corrected chi connectivity index (χ3v) is 4.38. The SMILES string of the molecule is C[C@@H](NC(=O)[C@H]1C[C@@H]1c1c(F)cc(F)cc1F)c1cnc(OCC(F)(F)F)cn1. The minimum Gasteiger partial charge on any atom is -0.467 e. The van der Waals surface area contributed by atoms with Crippen LogP contribution >= 0.6 is 0 Å². The minimum absolute atomic E-state index is 0.202. The molecule has 0 aliphatic heterocycles. The molecule has 1 aliphatic rings. The summed E-state index contributed by atoms with van der Waals surface area (Å²) in [7, 11) is 0. The van der Waals surface area contributed by atoms with E-state index in [0.717, 1.165) is 12.4 Å². The number of hydrogen-bond acceptors (Lipinski definition) is 4. The first-order valence-electron chi connectivity index (χ1n) is 8.51. The maximum absolute atomic E-state index is 13.8. The minimum atomic E-state index is -4.51. The van der Waals surface area contributed by atoms with Crippen molar-refractivity contribution in [1.29, 1.82) is 0 Å². The van der Waals surface area contributed by atoms with E-state index in [4.69, 9.17) is 0 Å². The number of ether oxygens (including phenoxy) is 1. The second-order valence-electron chi connectivity index (χ2n) is 6.65. The molecule has 0 saturated heterocycles. The molecule has 1 aliphatic carbocycles. The van der Waals surface area contributed by atoms with Gasteiger partial charge in [0.05, 0.1) is 24.1 Å². The molecule has 11 heteroatoms. The molecule has 1 saturated carbocycles. The van der Waals surface area contributed by atoms with E-state index in [2.05, 4.69) is 20.0 Å². The van der Waals surface area contributed by atoms with Crippen molar-refractivity contribution in [3.05, 3.63) is 53.2 Å². The van der Waals surface area contributed by atoms with E-state index in [0.29, 0.717) is 12.1 Å². The number of alkyl halides is 3. The smallest absolute Gasteiger partial charge is 0.422 e. The highest BCUT2D eigenvalue weighted by molar-refractivity contribution is 5.83. The Bertz CT molecular complexity index is 880. The predicted octanol–water partition coefficient (Wildman–Crippen LogP) is 3.82. The van der Waals surface area contributed by atoms with Gasteiger partial charge in [-0.1, -0.05) is 0 Å². The number of carbonyl (C=O) groups excluding carboxylic acids is 1. The lowest BCUT2D eigenvalue weighted by atomic mass is 10.1. The number of benzene rings is 1. The van der Waals surface area contributed by atoms with Crippen LogP contribution in [0.3, 0.4) is 0 Å². The van der Waals surface area contributed by atoms with Crippen molar-refractivity contribution in [2.45, 2.75) is 31.5 Å². The summed E-state index contributed by atoms with van der Waals surface area (Å²) in [6, 6.07) is 0.467. The van der Waals surface area contributed by atoms with Gasteiger partial charge in [0.2, 0.25) is 11.8 Å². The zero-order valence-corrected chi connectivity index (χ0v) is 14.9. The number of halogens is 6. The first-order valence-corrected chi connectivity index (χ1v) is 8.51. The molecule has 1 amide bonds. The number of carbonyl (C=O) groups is 1. The van der Waals surface area contributed by atoms with Crippen molar-refractivity contribution in [3.8, 4) is 5.88 Å². The van der Waals surface area contributed by atoms with Crippen molar-refractivity contribution in [2.75, 3.05) is 6.61 Å². The quantitative estimate of drug-likeness (QED) is 0.724. The lowest BCUT2D eigenvalue weighted by Crippen LogP contribution is -2.29. The molecule has 0 bridgehead atoms. The summed E-state index contributed by atoms with van der Waals surface area (Å²) in [5, 5.41) is 2.60. The Balaban J connectivity index is 1.58. The summed E-state index contributed by atoms with van der Waals surface area (Å²) < 4.78 is 81.4. The van der Waals surface area contributed by atoms with Crippen LogP contribution in [0.5, 0.6) is 5.88 Å². The molecule has 1 heterocycles. The normalized spacial score (nSPS) is 19.6. The van der Waals surface area contributed by atoms with Gasteiger partial charge in [-0.25, -0.2) is 18.2 Å². The molecule has 1 aromatic carbocycles. The molecule has 0 radical (unpaired) electrons. The molecule has 156 valence electrons. The Kier molecular flexibility index (Phi) is 5.67. The zero-order chi connectivity index (χ0) is 21.3. The van der Waals surface area contributed by atoms with Crippen LogP contribution in [0.4, 0.5) is 26.3 Å². The number of hydrogen-bond donors (Lipinski definition) is 1. The van der Waals surface area contributed by atoms with E-state index in [1.54, 1.807) is 6.92 Å². The molecular weight excluding hydrogens is 404 g/mol. The van der Waals surface area contributed by atoms with E-state index < -0.39 is 54.0 Å². The number of nitrogens with zero attached hydrogens (tertiary/aromatic N) is 2. The third-order valence-electron chi connectivity index (χ3n) is 4.38. The lowest BCUT2D eigenvalue weighted by molar-refractivity contribution is -0.154. The van der Waals surface area contributed by atoms with Crippen LogP contribution in [0.15, 0.2) is 24.5 Å². The molecule has 0 spiro atoms. The van der Waals surface area contributed by atoms with Gasteiger partial charge in [-0.05, 0) is 13.3 Å². The van der Waals surface area contributed by atoms with Gasteiger partial charge in [-0.15, -0.1) is 0 Å². The molecule has 0 unspecified atom stereocenters. The first-order chi connectivity index (χ1) is 13.5. The van der Waals surface area contributed by atoms with Crippen molar-refractivity contribution in [3.63, 3.8) is 0 Å². The van der Waals surface area contributed by atoms with Crippen LogP contribution < -0.4 is 10.1 Å². The van der Waals surface area contributed by atoms with E-state index in [1.165, 1.54) is 0 Å². The van der Waals surface area contributed by atoms with Crippen LogP contribution in [0, 0.1) is 23.4 Å². The van der Waals surface area contributed by atoms with E-state index >= 15 is 0 Å². The summed E-state index contributed by atoms with van der Waals surface area (Å²) in [4.78, 5) is 19.9. The van der Waals surface area contributed by atoms with Gasteiger partial charge in [0.1, 0.15) is 17.5 Å². The highest BCUT2D eigenvalue weighted by atomic mass is 19.4. The fourth-order valence-corrected chi connectivity index (χ4v) is 2.89. The van der Waals surface area contributed by atoms with Crippen LogP contribution in [0.2, 0.25) is 0 Å². The fourth-order valence-electron chi connectivity index (χ4n) is 2.89. The van der Waals surface area contributed by atoms with Gasteiger partial charge < -0.3 is 10.1 Å². The molecule has 1 N–H and O–H groups in total. The van der Waals surface area contributed by atoms with Gasteiger partial charge in [0.25, 0.3) is 0 Å². The standard InChI is InChI=1S/C18H15F6N3O2/c1-8(14-5-26-15(6-25-14)29-7-18(22,23)24)27-17(28)11-4-10(11)16-12(20)2-9(19)3-13(16)21/h2-3,5-6,8,10-11H,4,7H2,1H3,(H,27,28)/t8-,10+,11+/m1/s1. The number of rotatable bonds is 6. The van der Waals surface area contributed by atoms with Crippen molar-refractivity contribution in [1.82, 2.24) is 15.3 Å². The van der Waals surface area contributed by atoms with Crippen LogP contribution in [0.1, 0.15) is 36.6 Å². The van der Waals surface area contributed by atoms with Crippen LogP contribution in [-0.4, -0.2) is 28.7 Å². The Morgan fingerprint density at radius 2 is 1.86 bits per heavy atom. The Morgan fingerprint density at radius 3 is 2.41 bits per heavy atom. The Labute approximate surface area is 161 Å². The Morgan fingerprint density at radius 1 is 1.21 bits per heavy atom. The van der Waals surface area contributed by atoms with E-state index in [1.807, 2.05) is 0 Å². The topological polar surface area (TPSA) is 64.1 Å². The number of amides is 1. The predicted molar refractivity (Wildman–Crippen MR) is 87.3 cm³/mol. The maximum Gasteiger partial charge on any atom is 0.422 e. The summed E-state index contributed by atoms with van der Waals surface area (Å²) in [6.45, 7) is 0.0570. The van der Waals surface area contributed by atoms with Crippen molar-refractivity contribution < 1.29 is 35.9 Å². The summed E-state index contributed by atoms with van der Waals surface area (Å²) in [6.07, 6.45) is -2.16. The van der Waals surface area contributed by atoms with Crippen LogP contribution in [0.25, 0.3) is 0 Å². The molecule has 3 rings (SSSR count). The zero-order valence-electron chi connectivity index (χ0n) is 14.9. The van der Waals surface area contributed by atoms with Gasteiger partial charge in [-0.2, -0.15) is 13.2 Å². The maximum atomic E-state index is 13.8. The number of aromatic nitrogens is 2. The fraction of sp³-hybridized carbons (Fsp3) is 0.389. The molecular formula is C18H15F6N3O2. The van der Waals surface area contributed by atoms with E-state index in [-0.39, 0.29) is 23.6 Å². The molecule has 5 nitrogen and oxygen atoms in total.